The van der Waals surface area contributed by atoms with Crippen LogP contribution in [0.15, 0.2) is 48.7 Å². The highest BCUT2D eigenvalue weighted by Gasteiger charge is 2.26. The molecule has 1 fully saturated rings. The zero-order valence-corrected chi connectivity index (χ0v) is 15.7. The Morgan fingerprint density at radius 2 is 1.85 bits per heavy atom. The molecule has 0 N–H and O–H groups in total. The molecule has 8 heteroatoms. The minimum atomic E-state index is -0.0959. The van der Waals surface area contributed by atoms with Crippen molar-refractivity contribution in [3.05, 3.63) is 65.1 Å². The average molecular weight is 383 g/mol. The molecule has 0 aliphatic carbocycles. The summed E-state index contributed by atoms with van der Waals surface area (Å²) in [5.41, 5.74) is 1.71. The van der Waals surface area contributed by atoms with Gasteiger partial charge in [0.05, 0.1) is 11.4 Å². The fourth-order valence-corrected chi connectivity index (χ4v) is 3.31. The number of benzene rings is 1. The van der Waals surface area contributed by atoms with Gasteiger partial charge in [-0.3, -0.25) is 4.79 Å². The number of aryl methyl sites for hydroxylation is 1. The molecule has 0 radical (unpaired) electrons. The summed E-state index contributed by atoms with van der Waals surface area (Å²) in [6.45, 7) is 4.53. The lowest BCUT2D eigenvalue weighted by Gasteiger charge is -2.35. The van der Waals surface area contributed by atoms with Gasteiger partial charge in [-0.25, -0.2) is 4.98 Å². The topological polar surface area (TPSA) is 67.2 Å². The Bertz CT molecular complexity index is 950. The summed E-state index contributed by atoms with van der Waals surface area (Å²) in [7, 11) is 0. The van der Waals surface area contributed by atoms with Crippen molar-refractivity contribution in [3.8, 4) is 5.69 Å². The molecule has 27 heavy (non-hydrogen) atoms. The number of hydrogen-bond donors (Lipinski definition) is 0. The highest BCUT2D eigenvalue weighted by molar-refractivity contribution is 6.30. The maximum absolute atomic E-state index is 12.9. The number of carbonyl (C=O) groups is 1. The van der Waals surface area contributed by atoms with Crippen LogP contribution in [0.4, 0.5) is 5.82 Å². The third-order valence-electron chi connectivity index (χ3n) is 4.56. The normalized spacial score (nSPS) is 14.4. The number of halogens is 1. The van der Waals surface area contributed by atoms with Crippen molar-refractivity contribution in [2.75, 3.05) is 31.1 Å². The first-order chi connectivity index (χ1) is 13.1. The predicted molar refractivity (Wildman–Crippen MR) is 103 cm³/mol. The molecule has 1 aliphatic heterocycles. The number of rotatable bonds is 3. The SMILES string of the molecule is Cc1nn(-c2cccc(Cl)c2)nc1C(=O)N1CCN(c2ccccn2)CC1. The molecule has 7 nitrogen and oxygen atoms in total. The van der Waals surface area contributed by atoms with Crippen LogP contribution in [-0.4, -0.2) is 57.0 Å². The lowest BCUT2D eigenvalue weighted by molar-refractivity contribution is 0.0739. The summed E-state index contributed by atoms with van der Waals surface area (Å²) >= 11 is 6.04. The number of carbonyl (C=O) groups excluding carboxylic acids is 1. The molecule has 3 aromatic rings. The van der Waals surface area contributed by atoms with Crippen LogP contribution in [0, 0.1) is 6.92 Å². The van der Waals surface area contributed by atoms with E-state index in [0.29, 0.717) is 29.5 Å². The number of piperazine rings is 1. The summed E-state index contributed by atoms with van der Waals surface area (Å²) in [6.07, 6.45) is 1.78. The maximum Gasteiger partial charge on any atom is 0.276 e. The lowest BCUT2D eigenvalue weighted by Crippen LogP contribution is -2.49. The van der Waals surface area contributed by atoms with Gasteiger partial charge in [-0.2, -0.15) is 9.90 Å². The van der Waals surface area contributed by atoms with Crippen LogP contribution in [0.25, 0.3) is 5.69 Å². The zero-order chi connectivity index (χ0) is 18.8. The molecule has 0 spiro atoms. The van der Waals surface area contributed by atoms with E-state index in [2.05, 4.69) is 20.1 Å². The van der Waals surface area contributed by atoms with E-state index in [1.807, 2.05) is 35.2 Å². The standard InChI is InChI=1S/C19H19ClN6O/c1-14-18(23-26(22-14)16-6-4-5-15(20)13-16)19(27)25-11-9-24(10-12-25)17-7-2-3-8-21-17/h2-8,13H,9-12H2,1H3. The van der Waals surface area contributed by atoms with Gasteiger partial charge in [0.2, 0.25) is 0 Å². The largest absolute Gasteiger partial charge is 0.353 e. The summed E-state index contributed by atoms with van der Waals surface area (Å²) in [6, 6.07) is 13.1. The van der Waals surface area contributed by atoms with Crippen LogP contribution in [0.1, 0.15) is 16.2 Å². The van der Waals surface area contributed by atoms with Crippen LogP contribution in [0.5, 0.6) is 0 Å². The van der Waals surface area contributed by atoms with E-state index in [1.165, 1.54) is 4.80 Å². The molecule has 0 unspecified atom stereocenters. The molecule has 1 amide bonds. The van der Waals surface area contributed by atoms with Crippen LogP contribution >= 0.6 is 11.6 Å². The minimum absolute atomic E-state index is 0.0959. The van der Waals surface area contributed by atoms with Gasteiger partial charge in [-0.05, 0) is 37.3 Å². The van der Waals surface area contributed by atoms with Crippen molar-refractivity contribution in [1.82, 2.24) is 24.9 Å². The van der Waals surface area contributed by atoms with Gasteiger partial charge in [0.1, 0.15) is 5.82 Å². The van der Waals surface area contributed by atoms with E-state index >= 15 is 0 Å². The van der Waals surface area contributed by atoms with Crippen LogP contribution < -0.4 is 4.90 Å². The minimum Gasteiger partial charge on any atom is -0.353 e. The van der Waals surface area contributed by atoms with E-state index in [4.69, 9.17) is 11.6 Å². The van der Waals surface area contributed by atoms with E-state index in [9.17, 15) is 4.79 Å². The Labute approximate surface area is 162 Å². The summed E-state index contributed by atoms with van der Waals surface area (Å²) in [5.74, 6) is 0.842. The first kappa shape index (κ1) is 17.5. The fraction of sp³-hybridized carbons (Fsp3) is 0.263. The first-order valence-electron chi connectivity index (χ1n) is 8.77. The lowest BCUT2D eigenvalue weighted by atomic mass is 10.2. The van der Waals surface area contributed by atoms with Gasteiger partial charge in [0.15, 0.2) is 5.69 Å². The Morgan fingerprint density at radius 1 is 1.04 bits per heavy atom. The Balaban J connectivity index is 1.48. The van der Waals surface area contributed by atoms with Crippen molar-refractivity contribution in [3.63, 3.8) is 0 Å². The molecule has 138 valence electrons. The van der Waals surface area contributed by atoms with E-state index in [1.54, 1.807) is 25.3 Å². The van der Waals surface area contributed by atoms with Gasteiger partial charge < -0.3 is 9.80 Å². The van der Waals surface area contributed by atoms with E-state index in [-0.39, 0.29) is 5.91 Å². The number of anilines is 1. The number of nitrogens with zero attached hydrogens (tertiary/aromatic N) is 6. The maximum atomic E-state index is 12.9. The molecule has 4 rings (SSSR count). The first-order valence-corrected chi connectivity index (χ1v) is 9.15. The molecule has 1 aromatic carbocycles. The Kier molecular flexibility index (Phi) is 4.77. The molecule has 1 aliphatic rings. The average Bonchev–Trinajstić information content (AvgIpc) is 3.10. The molecular formula is C19H19ClN6O. The van der Waals surface area contributed by atoms with Crippen molar-refractivity contribution < 1.29 is 4.79 Å². The van der Waals surface area contributed by atoms with Gasteiger partial charge in [-0.15, -0.1) is 5.10 Å². The number of aromatic nitrogens is 4. The highest BCUT2D eigenvalue weighted by atomic mass is 35.5. The zero-order valence-electron chi connectivity index (χ0n) is 14.9. The van der Waals surface area contributed by atoms with E-state index < -0.39 is 0 Å². The van der Waals surface area contributed by atoms with Gasteiger partial charge in [0.25, 0.3) is 5.91 Å². The predicted octanol–water partition coefficient (Wildman–Crippen LogP) is 2.59. The van der Waals surface area contributed by atoms with Crippen LogP contribution in [0.2, 0.25) is 5.02 Å². The van der Waals surface area contributed by atoms with Crippen molar-refractivity contribution in [2.45, 2.75) is 6.92 Å². The number of amides is 1. The monoisotopic (exact) mass is 382 g/mol. The molecule has 0 bridgehead atoms. The third kappa shape index (κ3) is 3.64. The number of pyridine rings is 1. The van der Waals surface area contributed by atoms with Crippen molar-refractivity contribution in [2.24, 2.45) is 0 Å². The second kappa shape index (κ2) is 7.36. The second-order valence-electron chi connectivity index (χ2n) is 6.37. The molecular weight excluding hydrogens is 364 g/mol. The quantitative estimate of drug-likeness (QED) is 0.696. The van der Waals surface area contributed by atoms with Gasteiger partial charge >= 0.3 is 0 Å². The van der Waals surface area contributed by atoms with Crippen molar-refractivity contribution >= 4 is 23.3 Å². The Morgan fingerprint density at radius 3 is 2.56 bits per heavy atom. The van der Waals surface area contributed by atoms with E-state index in [0.717, 1.165) is 24.6 Å². The molecule has 0 atom stereocenters. The Hall–Kier alpha value is -2.93. The summed E-state index contributed by atoms with van der Waals surface area (Å²) in [4.78, 5) is 22.8. The van der Waals surface area contributed by atoms with Crippen LogP contribution in [-0.2, 0) is 0 Å². The molecule has 0 saturated carbocycles. The molecule has 3 heterocycles. The molecule has 2 aromatic heterocycles. The van der Waals surface area contributed by atoms with Gasteiger partial charge in [-0.1, -0.05) is 23.7 Å². The molecule has 1 saturated heterocycles. The van der Waals surface area contributed by atoms with Gasteiger partial charge in [0, 0.05) is 37.4 Å². The summed E-state index contributed by atoms with van der Waals surface area (Å²) < 4.78 is 0. The summed E-state index contributed by atoms with van der Waals surface area (Å²) in [5, 5.41) is 9.38. The van der Waals surface area contributed by atoms with Crippen LogP contribution in [0.3, 0.4) is 0 Å². The third-order valence-corrected chi connectivity index (χ3v) is 4.80. The highest BCUT2D eigenvalue weighted by Crippen LogP contribution is 2.17. The number of hydrogen-bond acceptors (Lipinski definition) is 5. The smallest absolute Gasteiger partial charge is 0.276 e. The van der Waals surface area contributed by atoms with Crippen molar-refractivity contribution in [1.29, 1.82) is 0 Å². The second-order valence-corrected chi connectivity index (χ2v) is 6.81. The fourth-order valence-electron chi connectivity index (χ4n) is 3.12.